The molecule has 9 nitrogen and oxygen atoms in total. The minimum Gasteiger partial charge on any atom is -0.497 e. The van der Waals surface area contributed by atoms with Crippen molar-refractivity contribution in [2.24, 2.45) is 0 Å². The van der Waals surface area contributed by atoms with Crippen LogP contribution in [-0.4, -0.2) is 44.3 Å². The molecule has 0 spiro atoms. The first-order valence-corrected chi connectivity index (χ1v) is 12.1. The SMILES string of the molecule is COc1ccc(OCC(C)NS(=O)(=O)c2nnc(NC(=O)c3ccc(Cl)cc3Cl)s2)cc1. The van der Waals surface area contributed by atoms with Crippen molar-refractivity contribution in [2.45, 2.75) is 17.3 Å². The maximum atomic E-state index is 12.6. The molecule has 0 aliphatic carbocycles. The number of carbonyl (C=O) groups is 1. The van der Waals surface area contributed by atoms with Crippen LogP contribution in [0.15, 0.2) is 46.8 Å². The van der Waals surface area contributed by atoms with Gasteiger partial charge in [-0.15, -0.1) is 10.2 Å². The Bertz CT molecular complexity index is 1200. The number of nitrogens with one attached hydrogen (secondary N) is 2. The highest BCUT2D eigenvalue weighted by molar-refractivity contribution is 7.91. The van der Waals surface area contributed by atoms with Gasteiger partial charge in [-0.25, -0.2) is 13.1 Å². The van der Waals surface area contributed by atoms with Gasteiger partial charge in [0.2, 0.25) is 9.47 Å². The van der Waals surface area contributed by atoms with Crippen LogP contribution in [0.25, 0.3) is 0 Å². The highest BCUT2D eigenvalue weighted by atomic mass is 35.5. The summed E-state index contributed by atoms with van der Waals surface area (Å²) in [5.41, 5.74) is 0.165. The van der Waals surface area contributed by atoms with Crippen LogP contribution in [-0.2, 0) is 10.0 Å². The molecule has 1 heterocycles. The van der Waals surface area contributed by atoms with Crippen LogP contribution >= 0.6 is 34.5 Å². The van der Waals surface area contributed by atoms with Crippen molar-refractivity contribution in [3.8, 4) is 11.5 Å². The Hall–Kier alpha value is -2.44. The molecule has 32 heavy (non-hydrogen) atoms. The van der Waals surface area contributed by atoms with Crippen LogP contribution < -0.4 is 19.5 Å². The number of carbonyl (C=O) groups excluding carboxylic acids is 1. The molecule has 1 amide bonds. The summed E-state index contributed by atoms with van der Waals surface area (Å²) in [6.45, 7) is 1.73. The molecule has 170 valence electrons. The number of amides is 1. The number of sulfonamides is 1. The van der Waals surface area contributed by atoms with Gasteiger partial charge < -0.3 is 9.47 Å². The molecule has 2 N–H and O–H groups in total. The van der Waals surface area contributed by atoms with E-state index in [9.17, 15) is 13.2 Å². The number of halogens is 2. The molecule has 0 saturated heterocycles. The molecule has 1 unspecified atom stereocenters. The van der Waals surface area contributed by atoms with E-state index in [-0.39, 0.29) is 26.7 Å². The number of anilines is 1. The van der Waals surface area contributed by atoms with Gasteiger partial charge in [-0.2, -0.15) is 0 Å². The number of benzene rings is 2. The third-order valence-corrected chi connectivity index (χ3v) is 7.29. The predicted molar refractivity (Wildman–Crippen MR) is 123 cm³/mol. The topological polar surface area (TPSA) is 120 Å². The van der Waals surface area contributed by atoms with E-state index in [1.54, 1.807) is 38.3 Å². The highest BCUT2D eigenvalue weighted by Gasteiger charge is 2.24. The Labute approximate surface area is 198 Å². The average Bonchev–Trinajstić information content (AvgIpc) is 3.21. The Kier molecular flexibility index (Phi) is 7.91. The lowest BCUT2D eigenvalue weighted by molar-refractivity contribution is 0.102. The third kappa shape index (κ3) is 6.30. The standard InChI is InChI=1S/C19H18Cl2N4O5S2/c1-11(10-30-14-6-4-13(29-2)5-7-14)25-32(27,28)19-24-23-18(31-19)22-17(26)15-8-3-12(20)9-16(15)21/h3-9,11,25H,10H2,1-2H3,(H,22,23,26). The zero-order valence-corrected chi connectivity index (χ0v) is 20.0. The van der Waals surface area contributed by atoms with Crippen LogP contribution in [0.4, 0.5) is 5.13 Å². The summed E-state index contributed by atoms with van der Waals surface area (Å²) < 4.78 is 38.0. The second-order valence-corrected chi connectivity index (χ2v) is 10.2. The van der Waals surface area contributed by atoms with Crippen LogP contribution in [0.5, 0.6) is 11.5 Å². The molecule has 0 radical (unpaired) electrons. The summed E-state index contributed by atoms with van der Waals surface area (Å²) in [4.78, 5) is 12.4. The minimum absolute atomic E-state index is 0.00327. The lowest BCUT2D eigenvalue weighted by atomic mass is 10.2. The first kappa shape index (κ1) is 24.2. The molecule has 3 rings (SSSR count). The fraction of sp³-hybridized carbons (Fsp3) is 0.211. The van der Waals surface area contributed by atoms with E-state index in [1.165, 1.54) is 18.2 Å². The summed E-state index contributed by atoms with van der Waals surface area (Å²) in [6, 6.07) is 10.7. The fourth-order valence-electron chi connectivity index (χ4n) is 2.45. The number of nitrogens with zero attached hydrogens (tertiary/aromatic N) is 2. The van der Waals surface area contributed by atoms with Gasteiger partial charge in [0.25, 0.3) is 15.9 Å². The zero-order valence-electron chi connectivity index (χ0n) is 16.8. The number of hydrogen-bond acceptors (Lipinski definition) is 8. The average molecular weight is 517 g/mol. The third-order valence-electron chi connectivity index (χ3n) is 3.95. The maximum absolute atomic E-state index is 12.6. The maximum Gasteiger partial charge on any atom is 0.270 e. The van der Waals surface area contributed by atoms with E-state index < -0.39 is 22.0 Å². The molecular weight excluding hydrogens is 499 g/mol. The van der Waals surface area contributed by atoms with Crippen molar-refractivity contribution in [1.29, 1.82) is 0 Å². The van der Waals surface area contributed by atoms with Crippen molar-refractivity contribution in [3.05, 3.63) is 58.1 Å². The van der Waals surface area contributed by atoms with E-state index in [1.807, 2.05) is 0 Å². The van der Waals surface area contributed by atoms with Crippen molar-refractivity contribution < 1.29 is 22.7 Å². The summed E-state index contributed by atoms with van der Waals surface area (Å²) in [6.07, 6.45) is 0. The molecule has 13 heteroatoms. The monoisotopic (exact) mass is 516 g/mol. The van der Waals surface area contributed by atoms with Crippen LogP contribution in [0, 0.1) is 0 Å². The van der Waals surface area contributed by atoms with Crippen LogP contribution in [0.3, 0.4) is 0 Å². The molecule has 0 aliphatic heterocycles. The lowest BCUT2D eigenvalue weighted by Crippen LogP contribution is -2.36. The number of methoxy groups -OCH3 is 1. The summed E-state index contributed by atoms with van der Waals surface area (Å²) in [5.74, 6) is 0.684. The van der Waals surface area contributed by atoms with Gasteiger partial charge in [-0.3, -0.25) is 10.1 Å². The Morgan fingerprint density at radius 3 is 2.47 bits per heavy atom. The molecule has 0 bridgehead atoms. The quantitative estimate of drug-likeness (QED) is 0.414. The molecule has 3 aromatic rings. The van der Waals surface area contributed by atoms with E-state index in [0.29, 0.717) is 27.9 Å². The van der Waals surface area contributed by atoms with Gasteiger partial charge in [-0.05, 0) is 49.4 Å². The van der Waals surface area contributed by atoms with Crippen LogP contribution in [0.2, 0.25) is 10.0 Å². The molecule has 0 fully saturated rings. The first-order valence-electron chi connectivity index (χ1n) is 9.07. The van der Waals surface area contributed by atoms with E-state index in [2.05, 4.69) is 20.2 Å². The van der Waals surface area contributed by atoms with Gasteiger partial charge in [0.05, 0.1) is 23.7 Å². The largest absolute Gasteiger partial charge is 0.497 e. The van der Waals surface area contributed by atoms with Gasteiger partial charge in [0.15, 0.2) is 0 Å². The first-order chi connectivity index (χ1) is 15.2. The summed E-state index contributed by atoms with van der Waals surface area (Å²) >= 11 is 12.5. The van der Waals surface area contributed by atoms with Crippen LogP contribution in [0.1, 0.15) is 17.3 Å². The van der Waals surface area contributed by atoms with E-state index in [0.717, 1.165) is 0 Å². The molecule has 1 atom stereocenters. The van der Waals surface area contributed by atoms with Crippen molar-refractivity contribution in [1.82, 2.24) is 14.9 Å². The minimum atomic E-state index is -3.97. The fourth-order valence-corrected chi connectivity index (χ4v) is 5.08. The second-order valence-electron chi connectivity index (χ2n) is 6.46. The number of aromatic nitrogens is 2. The van der Waals surface area contributed by atoms with E-state index >= 15 is 0 Å². The van der Waals surface area contributed by atoms with Gasteiger partial charge in [-0.1, -0.05) is 34.5 Å². The van der Waals surface area contributed by atoms with Crippen molar-refractivity contribution in [2.75, 3.05) is 19.0 Å². The Balaban J connectivity index is 1.59. The second kappa shape index (κ2) is 10.5. The van der Waals surface area contributed by atoms with Gasteiger partial charge >= 0.3 is 0 Å². The van der Waals surface area contributed by atoms with Crippen molar-refractivity contribution >= 4 is 55.6 Å². The van der Waals surface area contributed by atoms with Gasteiger partial charge in [0, 0.05) is 5.02 Å². The highest BCUT2D eigenvalue weighted by Crippen LogP contribution is 2.24. The number of ether oxygens (including phenoxy) is 2. The summed E-state index contributed by atoms with van der Waals surface area (Å²) in [5, 5.41) is 10.4. The lowest BCUT2D eigenvalue weighted by Gasteiger charge is -2.14. The zero-order chi connectivity index (χ0) is 23.3. The predicted octanol–water partition coefficient (Wildman–Crippen LogP) is 3.85. The normalized spacial score (nSPS) is 12.2. The molecule has 2 aromatic carbocycles. The molecular formula is C19H18Cl2N4O5S2. The molecule has 0 saturated carbocycles. The summed E-state index contributed by atoms with van der Waals surface area (Å²) in [7, 11) is -2.41. The van der Waals surface area contributed by atoms with E-state index in [4.69, 9.17) is 32.7 Å². The Morgan fingerprint density at radius 1 is 1.12 bits per heavy atom. The molecule has 0 aliphatic rings. The Morgan fingerprint density at radius 2 is 1.81 bits per heavy atom. The number of hydrogen-bond donors (Lipinski definition) is 2. The molecule has 1 aromatic heterocycles. The smallest absolute Gasteiger partial charge is 0.270 e. The van der Waals surface area contributed by atoms with Gasteiger partial charge in [0.1, 0.15) is 18.1 Å². The number of rotatable bonds is 9. The van der Waals surface area contributed by atoms with Crippen molar-refractivity contribution in [3.63, 3.8) is 0 Å².